The Bertz CT molecular complexity index is 2450. The lowest BCUT2D eigenvalue weighted by molar-refractivity contribution is -0.117. The van der Waals surface area contributed by atoms with Crippen molar-refractivity contribution in [3.8, 4) is 0 Å². The first-order valence-electron chi connectivity index (χ1n) is 17.8. The van der Waals surface area contributed by atoms with Crippen LogP contribution in [0.4, 0.5) is 27.8 Å². The molecule has 4 heterocycles. The quantitative estimate of drug-likeness (QED) is 0.161. The number of anilines is 4. The molecule has 0 saturated heterocycles. The maximum Gasteiger partial charge on any atom is 0.413 e. The van der Waals surface area contributed by atoms with Gasteiger partial charge in [0, 0.05) is 38.7 Å². The number of fused-ring (bicyclic) bond motifs is 2. The molecule has 17 nitrogen and oxygen atoms in total. The Morgan fingerprint density at radius 1 is 0.789 bits per heavy atom. The Morgan fingerprint density at radius 2 is 1.32 bits per heavy atom. The van der Waals surface area contributed by atoms with Crippen molar-refractivity contribution in [3.63, 3.8) is 0 Å². The van der Waals surface area contributed by atoms with Crippen LogP contribution in [0.1, 0.15) is 61.9 Å². The molecule has 4 N–H and O–H groups in total. The number of rotatable bonds is 9. The molecular formula is C40H46N10O7. The van der Waals surface area contributed by atoms with Gasteiger partial charge in [0.25, 0.3) is 0 Å². The van der Waals surface area contributed by atoms with Gasteiger partial charge in [0.1, 0.15) is 17.2 Å². The lowest BCUT2D eigenvalue weighted by Crippen LogP contribution is -2.29. The summed E-state index contributed by atoms with van der Waals surface area (Å²) in [6.45, 7) is 8.60. The standard InChI is InChI=1S/C23H27N5O5.C17H19N5O2/c1-14(29)28(18-12-24-27(5)20(18)21(30)32-6)13-15-7-8-16-9-10-19(25-17(16)11-15)26-22(31)33-23(2,3)4;1-11(24)22(15-8-19-21(2)16(15)10-23)9-12-3-4-13-5-6-17(18)20-14(13)7-12/h7-12H,13H2,1-6H3,(H,25,26,31);3-8,23H,9-10H2,1-2H3,(H2,18,20). The second-order valence-corrected chi connectivity index (χ2v) is 14.1. The monoisotopic (exact) mass is 778 g/mol. The SMILES string of the molecule is CC(=O)N(Cc1ccc2ccc(N)nc2c1)c1cnn(C)c1CO.COC(=O)c1c(N(Cc2ccc3ccc(NC(=O)OC(C)(C)C)nc3c2)C(C)=O)cnn1C. The molecule has 0 bridgehead atoms. The van der Waals surface area contributed by atoms with Gasteiger partial charge in [-0.25, -0.2) is 19.6 Å². The van der Waals surface area contributed by atoms with E-state index >= 15 is 0 Å². The number of hydrogen-bond acceptors (Lipinski definition) is 12. The summed E-state index contributed by atoms with van der Waals surface area (Å²) in [4.78, 5) is 60.7. The average molecular weight is 779 g/mol. The number of carbonyl (C=O) groups is 4. The number of nitrogens with two attached hydrogens (primary N) is 1. The van der Waals surface area contributed by atoms with Gasteiger partial charge in [-0.1, -0.05) is 24.3 Å². The van der Waals surface area contributed by atoms with Gasteiger partial charge in [0.2, 0.25) is 11.8 Å². The molecule has 0 unspecified atom stereocenters. The van der Waals surface area contributed by atoms with Gasteiger partial charge < -0.3 is 30.1 Å². The first-order valence-corrected chi connectivity index (χ1v) is 17.8. The molecular weight excluding hydrogens is 733 g/mol. The van der Waals surface area contributed by atoms with E-state index in [1.165, 1.54) is 36.7 Å². The summed E-state index contributed by atoms with van der Waals surface area (Å²) in [5, 5.41) is 22.2. The summed E-state index contributed by atoms with van der Waals surface area (Å²) in [5.41, 5.74) is 9.95. The number of nitrogen functional groups attached to an aromatic ring is 1. The maximum atomic E-state index is 12.4. The van der Waals surface area contributed by atoms with Crippen LogP contribution in [0.3, 0.4) is 0 Å². The molecule has 3 amide bonds. The average Bonchev–Trinajstić information content (AvgIpc) is 3.72. The molecule has 0 atom stereocenters. The molecule has 6 rings (SSSR count). The van der Waals surface area contributed by atoms with E-state index in [0.29, 0.717) is 40.8 Å². The zero-order chi connectivity index (χ0) is 41.6. The van der Waals surface area contributed by atoms with Crippen LogP contribution in [-0.2, 0) is 52.9 Å². The number of esters is 1. The van der Waals surface area contributed by atoms with Crippen LogP contribution in [0.25, 0.3) is 21.8 Å². The van der Waals surface area contributed by atoms with Crippen molar-refractivity contribution in [3.05, 3.63) is 95.6 Å². The lowest BCUT2D eigenvalue weighted by atomic mass is 10.1. The number of aryl methyl sites for hydroxylation is 2. The Labute approximate surface area is 329 Å². The van der Waals surface area contributed by atoms with E-state index < -0.39 is 17.7 Å². The highest BCUT2D eigenvalue weighted by Crippen LogP contribution is 2.26. The number of carbonyl (C=O) groups excluding carboxylic acids is 4. The van der Waals surface area contributed by atoms with Crippen molar-refractivity contribution in [2.45, 2.75) is 59.9 Å². The number of aliphatic hydroxyl groups is 1. The van der Waals surface area contributed by atoms with Gasteiger partial charge in [-0.05, 0) is 68.3 Å². The lowest BCUT2D eigenvalue weighted by Gasteiger charge is -2.21. The minimum Gasteiger partial charge on any atom is -0.464 e. The molecule has 57 heavy (non-hydrogen) atoms. The third kappa shape index (κ3) is 10.1. The number of ether oxygens (including phenoxy) is 2. The molecule has 0 aliphatic carbocycles. The smallest absolute Gasteiger partial charge is 0.413 e. The van der Waals surface area contributed by atoms with E-state index in [1.807, 2.05) is 48.5 Å². The Morgan fingerprint density at radius 3 is 1.88 bits per heavy atom. The fourth-order valence-electron chi connectivity index (χ4n) is 5.93. The summed E-state index contributed by atoms with van der Waals surface area (Å²) < 4.78 is 13.0. The number of nitrogens with one attached hydrogen (secondary N) is 1. The van der Waals surface area contributed by atoms with E-state index in [0.717, 1.165) is 27.4 Å². The number of hydrogen-bond donors (Lipinski definition) is 3. The van der Waals surface area contributed by atoms with Gasteiger partial charge >= 0.3 is 12.1 Å². The first-order chi connectivity index (χ1) is 27.0. The fraction of sp³-hybridized carbons (Fsp3) is 0.300. The topological polar surface area (TPSA) is 213 Å². The molecule has 0 fully saturated rings. The van der Waals surface area contributed by atoms with Crippen molar-refractivity contribution >= 4 is 68.7 Å². The summed E-state index contributed by atoms with van der Waals surface area (Å²) in [7, 11) is 4.61. The Kier molecular flexibility index (Phi) is 12.5. The van der Waals surface area contributed by atoms with Gasteiger partial charge in [0.05, 0.1) is 67.3 Å². The van der Waals surface area contributed by atoms with Crippen LogP contribution in [0.15, 0.2) is 73.1 Å². The summed E-state index contributed by atoms with van der Waals surface area (Å²) in [6, 6.07) is 18.6. The number of amides is 3. The first kappa shape index (κ1) is 41.3. The minimum atomic E-state index is -0.625. The number of aliphatic hydroxyl groups excluding tert-OH is 1. The van der Waals surface area contributed by atoms with Gasteiger partial charge in [-0.3, -0.25) is 24.3 Å². The second kappa shape index (κ2) is 17.3. The Balaban J connectivity index is 0.000000228. The van der Waals surface area contributed by atoms with Crippen molar-refractivity contribution in [1.29, 1.82) is 0 Å². The van der Waals surface area contributed by atoms with Crippen molar-refractivity contribution in [1.82, 2.24) is 29.5 Å². The number of pyridine rings is 2. The van der Waals surface area contributed by atoms with Crippen LogP contribution in [0, 0.1) is 0 Å². The number of nitrogens with zero attached hydrogens (tertiary/aromatic N) is 8. The zero-order valence-electron chi connectivity index (χ0n) is 33.1. The molecule has 0 saturated carbocycles. The van der Waals surface area contributed by atoms with Crippen LogP contribution >= 0.6 is 0 Å². The number of methoxy groups -OCH3 is 1. The molecule has 4 aromatic heterocycles. The van der Waals surface area contributed by atoms with E-state index in [4.69, 9.17) is 15.2 Å². The summed E-state index contributed by atoms with van der Waals surface area (Å²) in [6.07, 6.45) is 2.44. The molecule has 17 heteroatoms. The van der Waals surface area contributed by atoms with Crippen LogP contribution in [0.2, 0.25) is 0 Å². The number of aromatic nitrogens is 6. The van der Waals surface area contributed by atoms with Gasteiger partial charge in [0.15, 0.2) is 5.69 Å². The molecule has 298 valence electrons. The molecule has 0 aliphatic heterocycles. The highest BCUT2D eigenvalue weighted by molar-refractivity contribution is 6.00. The molecule has 0 spiro atoms. The maximum absolute atomic E-state index is 12.4. The van der Waals surface area contributed by atoms with E-state index in [-0.39, 0.29) is 30.7 Å². The molecule has 0 radical (unpaired) electrons. The molecule has 0 aliphatic rings. The van der Waals surface area contributed by atoms with E-state index in [9.17, 15) is 24.3 Å². The highest BCUT2D eigenvalue weighted by atomic mass is 16.6. The Hall–Kier alpha value is -6.88. The van der Waals surface area contributed by atoms with Crippen molar-refractivity contribution < 1.29 is 33.8 Å². The predicted octanol–water partition coefficient (Wildman–Crippen LogP) is 5.25. The number of benzene rings is 2. The molecule has 2 aromatic carbocycles. The predicted molar refractivity (Wildman–Crippen MR) is 215 cm³/mol. The third-order valence-electron chi connectivity index (χ3n) is 8.67. The van der Waals surface area contributed by atoms with Crippen molar-refractivity contribution in [2.75, 3.05) is 28.0 Å². The largest absolute Gasteiger partial charge is 0.464 e. The summed E-state index contributed by atoms with van der Waals surface area (Å²) in [5.74, 6) is -0.176. The van der Waals surface area contributed by atoms with Crippen LogP contribution in [-0.4, -0.2) is 71.2 Å². The van der Waals surface area contributed by atoms with Crippen LogP contribution < -0.4 is 20.9 Å². The highest BCUT2D eigenvalue weighted by Gasteiger charge is 2.25. The molecule has 6 aromatic rings. The zero-order valence-corrected chi connectivity index (χ0v) is 33.1. The fourth-order valence-corrected chi connectivity index (χ4v) is 5.93. The third-order valence-corrected chi connectivity index (χ3v) is 8.67. The van der Waals surface area contributed by atoms with Gasteiger partial charge in [-0.15, -0.1) is 0 Å². The second-order valence-electron chi connectivity index (χ2n) is 14.1. The van der Waals surface area contributed by atoms with Gasteiger partial charge in [-0.2, -0.15) is 10.2 Å². The van der Waals surface area contributed by atoms with E-state index in [1.54, 1.807) is 62.8 Å². The minimum absolute atomic E-state index is 0.127. The van der Waals surface area contributed by atoms with Crippen LogP contribution in [0.5, 0.6) is 0 Å². The van der Waals surface area contributed by atoms with E-state index in [2.05, 4.69) is 25.5 Å². The summed E-state index contributed by atoms with van der Waals surface area (Å²) >= 11 is 0. The normalized spacial score (nSPS) is 11.1. The van der Waals surface area contributed by atoms with Crippen molar-refractivity contribution in [2.24, 2.45) is 14.1 Å².